The van der Waals surface area contributed by atoms with Gasteiger partial charge in [0, 0.05) is 30.0 Å². The molecule has 2 N–H and O–H groups in total. The van der Waals surface area contributed by atoms with Crippen LogP contribution in [0.2, 0.25) is 0 Å². The average molecular weight is 454 g/mol. The van der Waals surface area contributed by atoms with Crippen LogP contribution in [0.4, 0.5) is 16.2 Å². The molecule has 34 heavy (non-hydrogen) atoms. The molecule has 0 unspecified atom stereocenters. The molecular weight excluding hydrogens is 430 g/mol. The molecule has 3 aromatic carbocycles. The minimum Gasteiger partial charge on any atom is -0.497 e. The van der Waals surface area contributed by atoms with Crippen LogP contribution >= 0.6 is 0 Å². The number of para-hydroxylation sites is 1. The highest BCUT2D eigenvalue weighted by atomic mass is 16.5. The van der Waals surface area contributed by atoms with E-state index in [-0.39, 0.29) is 17.6 Å². The van der Waals surface area contributed by atoms with Gasteiger partial charge in [0.05, 0.1) is 18.5 Å². The Hall–Kier alpha value is -4.59. The van der Waals surface area contributed by atoms with Gasteiger partial charge in [0.2, 0.25) is 0 Å². The third-order valence-electron chi connectivity index (χ3n) is 5.62. The van der Waals surface area contributed by atoms with Gasteiger partial charge in [-0.25, -0.2) is 9.48 Å². The molecular formula is C26H23N5O3. The number of rotatable bonds is 6. The topological polar surface area (TPSA) is 88.5 Å². The number of hydrogen-bond donors (Lipinski definition) is 2. The normalized spacial score (nSPS) is 13.0. The van der Waals surface area contributed by atoms with E-state index in [1.54, 1.807) is 34.9 Å². The number of amides is 3. The van der Waals surface area contributed by atoms with Gasteiger partial charge in [-0.1, -0.05) is 18.2 Å². The van der Waals surface area contributed by atoms with Crippen LogP contribution in [0.3, 0.4) is 0 Å². The van der Waals surface area contributed by atoms with Crippen LogP contribution in [-0.2, 0) is 0 Å². The van der Waals surface area contributed by atoms with E-state index in [0.29, 0.717) is 18.8 Å². The highest BCUT2D eigenvalue weighted by Gasteiger charge is 2.21. The van der Waals surface area contributed by atoms with Crippen LogP contribution in [0.15, 0.2) is 84.9 Å². The fourth-order valence-electron chi connectivity index (χ4n) is 3.86. The van der Waals surface area contributed by atoms with E-state index in [0.717, 1.165) is 28.4 Å². The van der Waals surface area contributed by atoms with Gasteiger partial charge in [0.25, 0.3) is 5.91 Å². The number of carbonyl (C=O) groups is 2. The van der Waals surface area contributed by atoms with Crippen LogP contribution in [-0.4, -0.2) is 41.9 Å². The first kappa shape index (κ1) is 21.3. The van der Waals surface area contributed by atoms with Crippen molar-refractivity contribution in [2.24, 2.45) is 0 Å². The fourth-order valence-corrected chi connectivity index (χ4v) is 3.86. The van der Waals surface area contributed by atoms with Gasteiger partial charge < -0.3 is 15.4 Å². The molecule has 0 bridgehead atoms. The molecule has 0 aliphatic carbocycles. The Balaban J connectivity index is 1.42. The zero-order valence-electron chi connectivity index (χ0n) is 18.6. The number of aromatic nitrogens is 2. The van der Waals surface area contributed by atoms with Crippen molar-refractivity contribution in [1.29, 1.82) is 0 Å². The zero-order chi connectivity index (χ0) is 23.5. The van der Waals surface area contributed by atoms with E-state index in [1.165, 1.54) is 0 Å². The minimum absolute atomic E-state index is 0.116. The Morgan fingerprint density at radius 2 is 1.71 bits per heavy atom. The molecule has 1 aliphatic rings. The Morgan fingerprint density at radius 3 is 2.35 bits per heavy atom. The van der Waals surface area contributed by atoms with Gasteiger partial charge in [-0.3, -0.25) is 9.69 Å². The van der Waals surface area contributed by atoms with E-state index < -0.39 is 0 Å². The number of benzene rings is 3. The Morgan fingerprint density at radius 1 is 0.971 bits per heavy atom. The van der Waals surface area contributed by atoms with Crippen LogP contribution in [0, 0.1) is 0 Å². The Bertz CT molecular complexity index is 1320. The van der Waals surface area contributed by atoms with Crippen LogP contribution < -0.4 is 20.3 Å². The lowest BCUT2D eigenvalue weighted by Crippen LogP contribution is -2.27. The summed E-state index contributed by atoms with van der Waals surface area (Å²) in [6.07, 6.45) is 0. The van der Waals surface area contributed by atoms with E-state index in [1.807, 2.05) is 66.7 Å². The summed E-state index contributed by atoms with van der Waals surface area (Å²) in [6.45, 7) is 1.24. The largest absolute Gasteiger partial charge is 0.497 e. The maximum absolute atomic E-state index is 13.1. The summed E-state index contributed by atoms with van der Waals surface area (Å²) in [5.74, 6) is 0.429. The fraction of sp³-hybridized carbons (Fsp3) is 0.115. The number of carbonyl (C=O) groups excluding carboxylic acids is 2. The number of hydrogen-bond acceptors (Lipinski definition) is 4. The van der Waals surface area contributed by atoms with Crippen molar-refractivity contribution in [3.8, 4) is 22.7 Å². The van der Waals surface area contributed by atoms with E-state index in [4.69, 9.17) is 4.74 Å². The molecule has 0 spiro atoms. The third kappa shape index (κ3) is 4.21. The summed E-state index contributed by atoms with van der Waals surface area (Å²) in [4.78, 5) is 26.6. The van der Waals surface area contributed by atoms with Gasteiger partial charge in [-0.2, -0.15) is 5.10 Å². The molecule has 1 saturated heterocycles. The van der Waals surface area contributed by atoms with Gasteiger partial charge in [0.15, 0.2) is 5.69 Å². The molecule has 1 aromatic heterocycles. The number of ether oxygens (including phenoxy) is 1. The van der Waals surface area contributed by atoms with Crippen molar-refractivity contribution in [3.63, 3.8) is 0 Å². The highest BCUT2D eigenvalue weighted by Crippen LogP contribution is 2.27. The summed E-state index contributed by atoms with van der Waals surface area (Å²) in [5, 5.41) is 10.3. The molecule has 5 rings (SSSR count). The molecule has 4 aromatic rings. The van der Waals surface area contributed by atoms with E-state index in [2.05, 4.69) is 15.7 Å². The monoisotopic (exact) mass is 453 g/mol. The number of nitrogens with zero attached hydrogens (tertiary/aromatic N) is 3. The third-order valence-corrected chi connectivity index (χ3v) is 5.62. The van der Waals surface area contributed by atoms with Crippen LogP contribution in [0.1, 0.15) is 10.5 Å². The van der Waals surface area contributed by atoms with Crippen molar-refractivity contribution in [2.45, 2.75) is 0 Å². The van der Waals surface area contributed by atoms with Gasteiger partial charge in [0.1, 0.15) is 5.75 Å². The molecule has 170 valence electrons. The molecule has 0 atom stereocenters. The number of urea groups is 1. The second-order valence-electron chi connectivity index (χ2n) is 7.78. The second-order valence-corrected chi connectivity index (χ2v) is 7.78. The molecule has 3 amide bonds. The molecule has 1 fully saturated rings. The molecule has 2 heterocycles. The van der Waals surface area contributed by atoms with Gasteiger partial charge in [-0.05, 0) is 66.7 Å². The number of anilines is 2. The number of nitrogens with one attached hydrogen (secondary N) is 2. The molecule has 0 radical (unpaired) electrons. The summed E-state index contributed by atoms with van der Waals surface area (Å²) < 4.78 is 7.02. The predicted molar refractivity (Wildman–Crippen MR) is 131 cm³/mol. The second kappa shape index (κ2) is 9.11. The maximum Gasteiger partial charge on any atom is 0.321 e. The first-order valence-corrected chi connectivity index (χ1v) is 10.9. The first-order chi connectivity index (χ1) is 16.6. The van der Waals surface area contributed by atoms with Crippen molar-refractivity contribution in [2.75, 3.05) is 30.4 Å². The molecule has 1 aliphatic heterocycles. The standard InChI is InChI=1S/C26H23N5O3/c1-34-22-13-7-18(8-14-22)24-17-23(29-31(24)21-5-3-2-4-6-21)25(32)28-19-9-11-20(12-10-19)30-16-15-27-26(30)33/h2-14,17H,15-16H2,1H3,(H,27,33)(H,28,32). The van der Waals surface area contributed by atoms with Crippen LogP contribution in [0.25, 0.3) is 16.9 Å². The smallest absolute Gasteiger partial charge is 0.321 e. The molecule has 8 heteroatoms. The van der Waals surface area contributed by atoms with Gasteiger partial charge >= 0.3 is 6.03 Å². The minimum atomic E-state index is -0.323. The molecule has 0 saturated carbocycles. The average Bonchev–Trinajstić information content (AvgIpc) is 3.52. The SMILES string of the molecule is COc1ccc(-c2cc(C(=O)Nc3ccc(N4CCNC4=O)cc3)nn2-c2ccccc2)cc1. The number of methoxy groups -OCH3 is 1. The summed E-state index contributed by atoms with van der Waals surface area (Å²) in [7, 11) is 1.62. The quantitative estimate of drug-likeness (QED) is 0.455. The summed E-state index contributed by atoms with van der Waals surface area (Å²) >= 11 is 0. The van der Waals surface area contributed by atoms with Crippen LogP contribution in [0.5, 0.6) is 5.75 Å². The lowest BCUT2D eigenvalue weighted by atomic mass is 10.1. The lowest BCUT2D eigenvalue weighted by Gasteiger charge is -2.14. The van der Waals surface area contributed by atoms with Crippen molar-refractivity contribution < 1.29 is 14.3 Å². The van der Waals surface area contributed by atoms with Gasteiger partial charge in [-0.15, -0.1) is 0 Å². The Kier molecular flexibility index (Phi) is 5.70. The van der Waals surface area contributed by atoms with E-state index in [9.17, 15) is 9.59 Å². The Labute approximate surface area is 196 Å². The summed E-state index contributed by atoms with van der Waals surface area (Å²) in [5.41, 5.74) is 4.23. The maximum atomic E-state index is 13.1. The van der Waals surface area contributed by atoms with Crippen molar-refractivity contribution in [1.82, 2.24) is 15.1 Å². The van der Waals surface area contributed by atoms with Crippen molar-refractivity contribution >= 4 is 23.3 Å². The first-order valence-electron chi connectivity index (χ1n) is 10.9. The van der Waals surface area contributed by atoms with Crippen molar-refractivity contribution in [3.05, 3.63) is 90.6 Å². The highest BCUT2D eigenvalue weighted by molar-refractivity contribution is 6.04. The lowest BCUT2D eigenvalue weighted by molar-refractivity contribution is 0.102. The predicted octanol–water partition coefficient (Wildman–Crippen LogP) is 4.33. The molecule has 8 nitrogen and oxygen atoms in total. The zero-order valence-corrected chi connectivity index (χ0v) is 18.6. The van der Waals surface area contributed by atoms with E-state index >= 15 is 0 Å². The summed E-state index contributed by atoms with van der Waals surface area (Å²) in [6, 6.07) is 26.1.